The number of hydrogen-bond acceptors (Lipinski definition) is 6. The van der Waals surface area contributed by atoms with Gasteiger partial charge in [-0.1, -0.05) is 0 Å². The van der Waals surface area contributed by atoms with Gasteiger partial charge in [-0.3, -0.25) is 19.6 Å². The molecular weight excluding hydrogens is 470 g/mol. The van der Waals surface area contributed by atoms with Crippen molar-refractivity contribution < 1.29 is 31.9 Å². The Labute approximate surface area is 196 Å². The van der Waals surface area contributed by atoms with Crippen molar-refractivity contribution in [3.05, 3.63) is 54.4 Å². The molecule has 182 valence electrons. The summed E-state index contributed by atoms with van der Waals surface area (Å²) in [5.41, 5.74) is -0.655. The highest BCUT2D eigenvalue weighted by Crippen LogP contribution is 2.34. The van der Waals surface area contributed by atoms with E-state index in [0.29, 0.717) is 48.7 Å². The first-order valence-electron chi connectivity index (χ1n) is 10.9. The van der Waals surface area contributed by atoms with Gasteiger partial charge in [0.2, 0.25) is 5.88 Å². The number of hydrogen-bond donors (Lipinski definition) is 0. The molecule has 1 aliphatic carbocycles. The molecule has 0 atom stereocenters. The maximum absolute atomic E-state index is 13.5. The van der Waals surface area contributed by atoms with Crippen LogP contribution >= 0.6 is 0 Å². The number of urea groups is 1. The average Bonchev–Trinajstić information content (AvgIpc) is 3.13. The first-order chi connectivity index (χ1) is 16.7. The van der Waals surface area contributed by atoms with Crippen LogP contribution in [-0.2, 0) is 11.0 Å². The van der Waals surface area contributed by atoms with Gasteiger partial charge in [0.25, 0.3) is 5.91 Å². The molecule has 12 heteroatoms. The van der Waals surface area contributed by atoms with Gasteiger partial charge in [0, 0.05) is 18.3 Å². The molecule has 3 heterocycles. The Bertz CT molecular complexity index is 1290. The molecule has 1 saturated carbocycles. The summed E-state index contributed by atoms with van der Waals surface area (Å²) in [6.45, 7) is -0.345. The third-order valence-electron chi connectivity index (χ3n) is 6.21. The maximum Gasteiger partial charge on any atom is 0.417 e. The summed E-state index contributed by atoms with van der Waals surface area (Å²) in [6.07, 6.45) is 0.237. The van der Waals surface area contributed by atoms with Crippen LogP contribution in [0, 0.1) is 5.82 Å². The minimum absolute atomic E-state index is 0.0789. The molecule has 2 aromatic heterocycles. The molecule has 8 nitrogen and oxygen atoms in total. The molecule has 2 aliphatic rings. The lowest BCUT2D eigenvalue weighted by molar-refractivity contribution is -0.137. The summed E-state index contributed by atoms with van der Waals surface area (Å²) in [4.78, 5) is 39.5. The highest BCUT2D eigenvalue weighted by molar-refractivity contribution is 6.12. The van der Waals surface area contributed by atoms with Crippen molar-refractivity contribution in [1.82, 2.24) is 19.9 Å². The number of carbonyl (C=O) groups is 2. The normalized spacial score (nSPS) is 21.1. The van der Waals surface area contributed by atoms with E-state index in [1.54, 1.807) is 6.07 Å². The van der Waals surface area contributed by atoms with Crippen LogP contribution in [-0.4, -0.2) is 50.5 Å². The Kier molecular flexibility index (Phi) is 5.73. The fourth-order valence-electron chi connectivity index (χ4n) is 4.49. The zero-order valence-corrected chi connectivity index (χ0v) is 18.2. The van der Waals surface area contributed by atoms with Gasteiger partial charge in [-0.25, -0.2) is 19.2 Å². The van der Waals surface area contributed by atoms with Crippen molar-refractivity contribution in [1.29, 1.82) is 0 Å². The van der Waals surface area contributed by atoms with Gasteiger partial charge in [0.15, 0.2) is 0 Å². The number of anilines is 1. The summed E-state index contributed by atoms with van der Waals surface area (Å²) >= 11 is 0. The molecule has 35 heavy (non-hydrogen) atoms. The lowest BCUT2D eigenvalue weighted by Gasteiger charge is -2.33. The van der Waals surface area contributed by atoms with Gasteiger partial charge < -0.3 is 4.74 Å². The minimum atomic E-state index is -4.61. The van der Waals surface area contributed by atoms with Crippen LogP contribution in [0.15, 0.2) is 43.0 Å². The third kappa shape index (κ3) is 4.47. The van der Waals surface area contributed by atoms with E-state index in [4.69, 9.17) is 4.74 Å². The van der Waals surface area contributed by atoms with Gasteiger partial charge in [0.05, 0.1) is 28.4 Å². The lowest BCUT2D eigenvalue weighted by Crippen LogP contribution is -2.44. The summed E-state index contributed by atoms with van der Waals surface area (Å²) in [6, 6.07) is 3.89. The zero-order valence-electron chi connectivity index (χ0n) is 18.2. The smallest absolute Gasteiger partial charge is 0.417 e. The van der Waals surface area contributed by atoms with Gasteiger partial charge >= 0.3 is 12.2 Å². The topological polar surface area (TPSA) is 88.5 Å². The number of alkyl halides is 3. The Morgan fingerprint density at radius 3 is 2.51 bits per heavy atom. The Morgan fingerprint density at radius 1 is 1.00 bits per heavy atom. The van der Waals surface area contributed by atoms with Gasteiger partial charge in [-0.05, 0) is 43.9 Å². The number of rotatable bonds is 4. The van der Waals surface area contributed by atoms with Crippen molar-refractivity contribution in [3.8, 4) is 5.88 Å². The molecule has 1 aromatic carbocycles. The lowest BCUT2D eigenvalue weighted by atomic mass is 9.92. The molecule has 1 aliphatic heterocycles. The fraction of sp³-hybridized carbons (Fsp3) is 0.348. The molecule has 0 N–H and O–H groups in total. The maximum atomic E-state index is 13.5. The first kappa shape index (κ1) is 22.9. The van der Waals surface area contributed by atoms with Crippen molar-refractivity contribution >= 4 is 28.5 Å². The Morgan fingerprint density at radius 2 is 1.77 bits per heavy atom. The van der Waals surface area contributed by atoms with Crippen LogP contribution in [0.1, 0.15) is 31.2 Å². The van der Waals surface area contributed by atoms with E-state index >= 15 is 0 Å². The number of amides is 3. The second-order valence-corrected chi connectivity index (χ2v) is 8.45. The van der Waals surface area contributed by atoms with Crippen molar-refractivity contribution in [2.75, 3.05) is 11.4 Å². The van der Waals surface area contributed by atoms with Gasteiger partial charge in [0.1, 0.15) is 24.8 Å². The molecular formula is C23H19F4N5O3. The van der Waals surface area contributed by atoms with Crippen molar-refractivity contribution in [2.45, 2.75) is 44.0 Å². The highest BCUT2D eigenvalue weighted by Gasteiger charge is 2.43. The zero-order chi connectivity index (χ0) is 24.7. The van der Waals surface area contributed by atoms with Crippen LogP contribution in [0.3, 0.4) is 0 Å². The van der Waals surface area contributed by atoms with E-state index in [0.717, 1.165) is 22.1 Å². The second kappa shape index (κ2) is 8.75. The predicted molar refractivity (Wildman–Crippen MR) is 115 cm³/mol. The SMILES string of the molecule is O=C1CN(c2cncc(C(F)(F)F)c2)C(=O)N1C1CCC(Oc2ncnc3cc(F)ccc23)CC1. The summed E-state index contributed by atoms with van der Waals surface area (Å²) < 4.78 is 58.6. The van der Waals surface area contributed by atoms with Gasteiger partial charge in [-0.2, -0.15) is 13.2 Å². The van der Waals surface area contributed by atoms with E-state index in [1.807, 2.05) is 0 Å². The van der Waals surface area contributed by atoms with Crippen molar-refractivity contribution in [3.63, 3.8) is 0 Å². The van der Waals surface area contributed by atoms with E-state index in [9.17, 15) is 27.2 Å². The second-order valence-electron chi connectivity index (χ2n) is 8.45. The minimum Gasteiger partial charge on any atom is -0.474 e. The molecule has 3 aromatic rings. The molecule has 2 fully saturated rings. The standard InChI is InChI=1S/C23H19F4N5O3/c24-14-1-6-18-19(8-14)29-12-30-21(18)35-17-4-2-15(3-5-17)32-20(33)11-31(22(32)34)16-7-13(9-28-10-16)23(25,26)27/h1,6-10,12,15,17H,2-5,11H2. The molecule has 3 amide bonds. The van der Waals surface area contributed by atoms with Crippen LogP contribution in [0.4, 0.5) is 28.0 Å². The summed E-state index contributed by atoms with van der Waals surface area (Å²) in [5.74, 6) is -0.562. The van der Waals surface area contributed by atoms with E-state index in [-0.39, 0.29) is 18.3 Å². The molecule has 0 spiro atoms. The van der Waals surface area contributed by atoms with Crippen LogP contribution < -0.4 is 9.64 Å². The van der Waals surface area contributed by atoms with Crippen LogP contribution in [0.25, 0.3) is 10.9 Å². The number of aromatic nitrogens is 3. The largest absolute Gasteiger partial charge is 0.474 e. The number of nitrogens with zero attached hydrogens (tertiary/aromatic N) is 5. The Hall–Kier alpha value is -3.83. The highest BCUT2D eigenvalue weighted by atomic mass is 19.4. The number of fused-ring (bicyclic) bond motifs is 1. The molecule has 5 rings (SSSR count). The first-order valence-corrected chi connectivity index (χ1v) is 10.9. The Balaban J connectivity index is 1.25. The fourth-order valence-corrected chi connectivity index (χ4v) is 4.49. The molecule has 1 saturated heterocycles. The quantitative estimate of drug-likeness (QED) is 0.400. The van der Waals surface area contributed by atoms with Crippen LogP contribution in [0.5, 0.6) is 5.88 Å². The summed E-state index contributed by atoms with van der Waals surface area (Å²) in [7, 11) is 0. The van der Waals surface area contributed by atoms with Gasteiger partial charge in [-0.15, -0.1) is 0 Å². The number of imide groups is 1. The number of benzene rings is 1. The number of carbonyl (C=O) groups excluding carboxylic acids is 2. The molecule has 0 radical (unpaired) electrons. The van der Waals surface area contributed by atoms with Crippen molar-refractivity contribution in [2.24, 2.45) is 0 Å². The number of ether oxygens (including phenoxy) is 1. The molecule has 0 bridgehead atoms. The number of pyridine rings is 1. The summed E-state index contributed by atoms with van der Waals surface area (Å²) in [5, 5.41) is 0.575. The monoisotopic (exact) mass is 489 g/mol. The van der Waals surface area contributed by atoms with Crippen LogP contribution in [0.2, 0.25) is 0 Å². The van der Waals surface area contributed by atoms with E-state index < -0.39 is 35.5 Å². The van der Waals surface area contributed by atoms with E-state index in [1.165, 1.54) is 18.5 Å². The molecule has 0 unspecified atom stereocenters. The average molecular weight is 489 g/mol. The number of halogens is 4. The van der Waals surface area contributed by atoms with E-state index in [2.05, 4.69) is 15.0 Å². The third-order valence-corrected chi connectivity index (χ3v) is 6.21. The predicted octanol–water partition coefficient (Wildman–Crippen LogP) is 4.34.